The van der Waals surface area contributed by atoms with Gasteiger partial charge in [0.1, 0.15) is 18.5 Å². The van der Waals surface area contributed by atoms with E-state index in [-0.39, 0.29) is 12.3 Å². The number of hydrogen-bond acceptors (Lipinski definition) is 3. The molecular weight excluding hydrogens is 301 g/mol. The molecule has 0 spiro atoms. The van der Waals surface area contributed by atoms with Crippen LogP contribution in [0.15, 0.2) is 54.6 Å². The SMILES string of the molecule is C[C@H](C(=O)O)N(C(=O)OCc1ccccc1)c1ccc(F)cc1. The first-order valence-electron chi connectivity index (χ1n) is 6.97. The van der Waals surface area contributed by atoms with Crippen LogP contribution in [0.25, 0.3) is 0 Å². The van der Waals surface area contributed by atoms with Gasteiger partial charge in [0.25, 0.3) is 0 Å². The highest BCUT2D eigenvalue weighted by Crippen LogP contribution is 2.19. The van der Waals surface area contributed by atoms with Crippen LogP contribution in [0.3, 0.4) is 0 Å². The molecule has 0 aliphatic rings. The molecule has 5 nitrogen and oxygen atoms in total. The van der Waals surface area contributed by atoms with Crippen molar-refractivity contribution in [3.05, 3.63) is 66.0 Å². The van der Waals surface area contributed by atoms with Crippen LogP contribution in [-0.2, 0) is 16.1 Å². The predicted octanol–water partition coefficient (Wildman–Crippen LogP) is 3.44. The number of benzene rings is 2. The molecule has 0 aliphatic carbocycles. The fraction of sp³-hybridized carbons (Fsp3) is 0.176. The van der Waals surface area contributed by atoms with Crippen LogP contribution >= 0.6 is 0 Å². The van der Waals surface area contributed by atoms with E-state index in [1.807, 2.05) is 6.07 Å². The lowest BCUT2D eigenvalue weighted by Gasteiger charge is -2.25. The molecule has 0 aliphatic heterocycles. The molecule has 2 aromatic carbocycles. The van der Waals surface area contributed by atoms with Gasteiger partial charge in [-0.15, -0.1) is 0 Å². The summed E-state index contributed by atoms with van der Waals surface area (Å²) in [7, 11) is 0. The van der Waals surface area contributed by atoms with Gasteiger partial charge in [0, 0.05) is 5.69 Å². The minimum Gasteiger partial charge on any atom is -0.480 e. The summed E-state index contributed by atoms with van der Waals surface area (Å²) in [4.78, 5) is 24.5. The number of amides is 1. The maximum absolute atomic E-state index is 13.0. The molecule has 1 amide bonds. The van der Waals surface area contributed by atoms with E-state index in [0.717, 1.165) is 22.6 Å². The van der Waals surface area contributed by atoms with Gasteiger partial charge in [0.05, 0.1) is 0 Å². The molecule has 120 valence electrons. The summed E-state index contributed by atoms with van der Waals surface area (Å²) in [6.45, 7) is 1.37. The summed E-state index contributed by atoms with van der Waals surface area (Å²) < 4.78 is 18.2. The zero-order chi connectivity index (χ0) is 16.8. The van der Waals surface area contributed by atoms with Crippen molar-refractivity contribution in [3.63, 3.8) is 0 Å². The Kier molecular flexibility index (Phi) is 5.30. The van der Waals surface area contributed by atoms with E-state index in [0.29, 0.717) is 0 Å². The van der Waals surface area contributed by atoms with E-state index in [1.165, 1.54) is 19.1 Å². The Labute approximate surface area is 132 Å². The smallest absolute Gasteiger partial charge is 0.415 e. The number of halogens is 1. The van der Waals surface area contributed by atoms with Gasteiger partial charge in [0.15, 0.2) is 0 Å². The number of carboxylic acids is 1. The van der Waals surface area contributed by atoms with Gasteiger partial charge in [-0.05, 0) is 36.8 Å². The Morgan fingerprint density at radius 1 is 1.13 bits per heavy atom. The van der Waals surface area contributed by atoms with Crippen molar-refractivity contribution >= 4 is 17.7 Å². The molecule has 0 saturated carbocycles. The second-order valence-corrected chi connectivity index (χ2v) is 4.90. The molecule has 1 N–H and O–H groups in total. The highest BCUT2D eigenvalue weighted by atomic mass is 19.1. The first kappa shape index (κ1) is 16.5. The average molecular weight is 317 g/mol. The van der Waals surface area contributed by atoms with Crippen molar-refractivity contribution in [3.8, 4) is 0 Å². The monoisotopic (exact) mass is 317 g/mol. The van der Waals surface area contributed by atoms with E-state index in [9.17, 15) is 19.1 Å². The Hall–Kier alpha value is -2.89. The fourth-order valence-corrected chi connectivity index (χ4v) is 1.99. The third-order valence-electron chi connectivity index (χ3n) is 3.25. The number of rotatable bonds is 5. The zero-order valence-electron chi connectivity index (χ0n) is 12.5. The van der Waals surface area contributed by atoms with Gasteiger partial charge in [-0.1, -0.05) is 30.3 Å². The molecule has 2 rings (SSSR count). The summed E-state index contributed by atoms with van der Waals surface area (Å²) in [5.74, 6) is -1.67. The van der Waals surface area contributed by atoms with E-state index < -0.39 is 23.9 Å². The zero-order valence-corrected chi connectivity index (χ0v) is 12.5. The van der Waals surface area contributed by atoms with Crippen LogP contribution in [0.4, 0.5) is 14.9 Å². The maximum atomic E-state index is 13.0. The molecular formula is C17H16FNO4. The lowest BCUT2D eigenvalue weighted by Crippen LogP contribution is -2.43. The molecule has 1 atom stereocenters. The quantitative estimate of drug-likeness (QED) is 0.917. The standard InChI is InChI=1S/C17H16FNO4/c1-12(16(20)21)19(15-9-7-14(18)8-10-15)17(22)23-11-13-5-3-2-4-6-13/h2-10,12H,11H2,1H3,(H,20,21)/t12-/m1/s1. The van der Waals surface area contributed by atoms with Gasteiger partial charge in [-0.3, -0.25) is 4.90 Å². The van der Waals surface area contributed by atoms with E-state index >= 15 is 0 Å². The third-order valence-corrected chi connectivity index (χ3v) is 3.25. The van der Waals surface area contributed by atoms with E-state index in [4.69, 9.17) is 4.74 Å². The molecule has 0 saturated heterocycles. The highest BCUT2D eigenvalue weighted by molar-refractivity contribution is 5.94. The van der Waals surface area contributed by atoms with Gasteiger partial charge in [-0.25, -0.2) is 14.0 Å². The lowest BCUT2D eigenvalue weighted by atomic mass is 10.2. The van der Waals surface area contributed by atoms with Gasteiger partial charge in [-0.2, -0.15) is 0 Å². The Balaban J connectivity index is 2.17. The molecule has 2 aromatic rings. The summed E-state index contributed by atoms with van der Waals surface area (Å²) in [5.41, 5.74) is 1.03. The average Bonchev–Trinajstić information content (AvgIpc) is 2.55. The van der Waals surface area contributed by atoms with Gasteiger partial charge >= 0.3 is 12.1 Å². The molecule has 0 unspecified atom stereocenters. The Morgan fingerprint density at radius 2 is 1.74 bits per heavy atom. The minimum absolute atomic E-state index is 0.0176. The number of carbonyl (C=O) groups excluding carboxylic acids is 1. The predicted molar refractivity (Wildman–Crippen MR) is 82.6 cm³/mol. The second kappa shape index (κ2) is 7.40. The minimum atomic E-state index is -1.19. The maximum Gasteiger partial charge on any atom is 0.415 e. The third kappa shape index (κ3) is 4.29. The Bertz CT molecular complexity index is 673. The number of carbonyl (C=O) groups is 2. The van der Waals surface area contributed by atoms with Gasteiger partial charge < -0.3 is 9.84 Å². The normalized spacial score (nSPS) is 11.6. The van der Waals surface area contributed by atoms with Crippen molar-refractivity contribution in [1.82, 2.24) is 0 Å². The number of nitrogens with zero attached hydrogens (tertiary/aromatic N) is 1. The number of hydrogen-bond donors (Lipinski definition) is 1. The van der Waals surface area contributed by atoms with Crippen LogP contribution in [0, 0.1) is 5.82 Å². The molecule has 6 heteroatoms. The lowest BCUT2D eigenvalue weighted by molar-refractivity contribution is -0.138. The van der Waals surface area contributed by atoms with E-state index in [2.05, 4.69) is 0 Å². The molecule has 0 fully saturated rings. The van der Waals surface area contributed by atoms with Gasteiger partial charge in [0.2, 0.25) is 0 Å². The molecule has 0 bridgehead atoms. The van der Waals surface area contributed by atoms with Crippen molar-refractivity contribution in [2.45, 2.75) is 19.6 Å². The number of aliphatic carboxylic acids is 1. The summed E-state index contributed by atoms with van der Waals surface area (Å²) in [6.07, 6.45) is -0.810. The number of carboxylic acid groups (broad SMARTS) is 1. The van der Waals surface area contributed by atoms with Crippen molar-refractivity contribution in [2.24, 2.45) is 0 Å². The summed E-state index contributed by atoms with van der Waals surface area (Å²) >= 11 is 0. The van der Waals surface area contributed by atoms with Crippen LogP contribution in [0.5, 0.6) is 0 Å². The largest absolute Gasteiger partial charge is 0.480 e. The van der Waals surface area contributed by atoms with Crippen LogP contribution < -0.4 is 4.90 Å². The number of ether oxygens (including phenoxy) is 1. The van der Waals surface area contributed by atoms with Crippen molar-refractivity contribution in [2.75, 3.05) is 4.90 Å². The van der Waals surface area contributed by atoms with Crippen LogP contribution in [0.1, 0.15) is 12.5 Å². The van der Waals surface area contributed by atoms with E-state index in [1.54, 1.807) is 24.3 Å². The summed E-state index contributed by atoms with van der Waals surface area (Å²) in [6, 6.07) is 12.8. The molecule has 0 heterocycles. The fourth-order valence-electron chi connectivity index (χ4n) is 1.99. The first-order chi connectivity index (χ1) is 11.0. The van der Waals surface area contributed by atoms with Crippen LogP contribution in [-0.4, -0.2) is 23.2 Å². The molecule has 0 aromatic heterocycles. The summed E-state index contributed by atoms with van der Waals surface area (Å²) in [5, 5.41) is 9.18. The highest BCUT2D eigenvalue weighted by Gasteiger charge is 2.28. The van der Waals surface area contributed by atoms with Crippen LogP contribution in [0.2, 0.25) is 0 Å². The number of anilines is 1. The first-order valence-corrected chi connectivity index (χ1v) is 6.97. The van der Waals surface area contributed by atoms with Crippen molar-refractivity contribution in [1.29, 1.82) is 0 Å². The molecule has 0 radical (unpaired) electrons. The second-order valence-electron chi connectivity index (χ2n) is 4.90. The topological polar surface area (TPSA) is 66.8 Å². The molecule has 23 heavy (non-hydrogen) atoms. The Morgan fingerprint density at radius 3 is 2.30 bits per heavy atom. The van der Waals surface area contributed by atoms with Crippen molar-refractivity contribution < 1.29 is 23.8 Å².